The average Bonchev–Trinajstić information content (AvgIpc) is 3.18. The van der Waals surface area contributed by atoms with Gasteiger partial charge >= 0.3 is 0 Å². The molecular weight excluding hydrogens is 290 g/mol. The molecule has 0 spiro atoms. The van der Waals surface area contributed by atoms with E-state index in [4.69, 9.17) is 9.72 Å². The summed E-state index contributed by atoms with van der Waals surface area (Å²) in [6.45, 7) is 6.38. The fourth-order valence-corrected chi connectivity index (χ4v) is 3.16. The van der Waals surface area contributed by atoms with Gasteiger partial charge in [-0.3, -0.25) is 9.58 Å². The lowest BCUT2D eigenvalue weighted by Crippen LogP contribution is -2.43. The number of fused-ring (bicyclic) bond motifs is 1. The third-order valence-corrected chi connectivity index (χ3v) is 4.29. The van der Waals surface area contributed by atoms with Crippen LogP contribution in [-0.4, -0.2) is 49.9 Å². The minimum Gasteiger partial charge on any atom is -0.374 e. The van der Waals surface area contributed by atoms with Crippen molar-refractivity contribution in [2.24, 2.45) is 0 Å². The predicted octanol–water partition coefficient (Wildman–Crippen LogP) is 1.74. The van der Waals surface area contributed by atoms with Gasteiger partial charge in [0.25, 0.3) is 0 Å². The maximum Gasteiger partial charge on any atom is 0.139 e. The van der Waals surface area contributed by atoms with Gasteiger partial charge in [-0.2, -0.15) is 5.10 Å². The Morgan fingerprint density at radius 1 is 1.30 bits per heavy atom. The highest BCUT2D eigenvalue weighted by molar-refractivity contribution is 5.47. The molecule has 0 aliphatic carbocycles. The Hall–Kier alpha value is -2.18. The van der Waals surface area contributed by atoms with Crippen molar-refractivity contribution >= 4 is 5.65 Å². The van der Waals surface area contributed by atoms with E-state index in [-0.39, 0.29) is 6.10 Å². The Bertz CT molecular complexity index is 779. The summed E-state index contributed by atoms with van der Waals surface area (Å²) in [6.07, 6.45) is 8.15. The topological polar surface area (TPSA) is 47.6 Å². The van der Waals surface area contributed by atoms with E-state index in [0.29, 0.717) is 0 Å². The Labute approximate surface area is 135 Å². The van der Waals surface area contributed by atoms with Gasteiger partial charge in [-0.15, -0.1) is 0 Å². The quantitative estimate of drug-likeness (QED) is 0.736. The van der Waals surface area contributed by atoms with Crippen LogP contribution in [0.3, 0.4) is 0 Å². The molecule has 6 heteroatoms. The van der Waals surface area contributed by atoms with Crippen LogP contribution in [0, 0.1) is 6.92 Å². The number of hydrogen-bond donors (Lipinski definition) is 0. The lowest BCUT2D eigenvalue weighted by Gasteiger charge is -2.32. The van der Waals surface area contributed by atoms with Crippen LogP contribution >= 0.6 is 0 Å². The normalized spacial score (nSPS) is 19.4. The minimum absolute atomic E-state index is 0.183. The number of rotatable bonds is 4. The number of pyridine rings is 1. The fraction of sp³-hybridized carbons (Fsp3) is 0.412. The number of hydrogen-bond acceptors (Lipinski definition) is 4. The Kier molecular flexibility index (Phi) is 3.85. The van der Waals surface area contributed by atoms with Gasteiger partial charge in [0.1, 0.15) is 5.65 Å². The first-order chi connectivity index (χ1) is 11.3. The minimum atomic E-state index is 0.183. The molecule has 1 fully saturated rings. The molecule has 1 aliphatic rings. The number of nitrogens with zero attached hydrogens (tertiary/aromatic N) is 5. The molecule has 4 rings (SSSR count). The number of ether oxygens (including phenoxy) is 1. The molecule has 0 aromatic carbocycles. The van der Waals surface area contributed by atoms with E-state index in [1.54, 1.807) is 6.20 Å². The van der Waals surface area contributed by atoms with Crippen LogP contribution in [-0.2, 0) is 17.8 Å². The maximum absolute atomic E-state index is 5.87. The standard InChI is InChI=1S/C17H21N5O/c1-14-4-2-6-21-11-15(19-17(14)21)10-20-8-9-23-16(12-20)13-22-7-3-5-18-22/h2-7,11,16H,8-10,12-13H2,1H3. The summed E-state index contributed by atoms with van der Waals surface area (Å²) in [7, 11) is 0. The van der Waals surface area contributed by atoms with Crippen LogP contribution < -0.4 is 0 Å². The van der Waals surface area contributed by atoms with Gasteiger partial charge in [0.2, 0.25) is 0 Å². The monoisotopic (exact) mass is 311 g/mol. The second-order valence-electron chi connectivity index (χ2n) is 6.11. The molecule has 0 bridgehead atoms. The number of aryl methyl sites for hydroxylation is 1. The first-order valence-electron chi connectivity index (χ1n) is 8.02. The smallest absolute Gasteiger partial charge is 0.139 e. The lowest BCUT2D eigenvalue weighted by molar-refractivity contribution is -0.0405. The highest BCUT2D eigenvalue weighted by Crippen LogP contribution is 2.14. The zero-order valence-corrected chi connectivity index (χ0v) is 13.3. The Morgan fingerprint density at radius 3 is 3.09 bits per heavy atom. The van der Waals surface area contributed by atoms with Crippen LogP contribution in [0.2, 0.25) is 0 Å². The van der Waals surface area contributed by atoms with E-state index >= 15 is 0 Å². The summed E-state index contributed by atoms with van der Waals surface area (Å²) in [5, 5.41) is 4.26. The summed E-state index contributed by atoms with van der Waals surface area (Å²) < 4.78 is 9.91. The van der Waals surface area contributed by atoms with Crippen LogP contribution in [0.15, 0.2) is 43.0 Å². The largest absolute Gasteiger partial charge is 0.374 e. The number of imidazole rings is 1. The predicted molar refractivity (Wildman–Crippen MR) is 87.2 cm³/mol. The summed E-state index contributed by atoms with van der Waals surface area (Å²) >= 11 is 0. The molecule has 1 atom stereocenters. The second-order valence-corrected chi connectivity index (χ2v) is 6.11. The van der Waals surface area contributed by atoms with Crippen LogP contribution in [0.1, 0.15) is 11.3 Å². The van der Waals surface area contributed by atoms with Crippen molar-refractivity contribution in [2.75, 3.05) is 19.7 Å². The summed E-state index contributed by atoms with van der Waals surface area (Å²) in [4.78, 5) is 7.18. The van der Waals surface area contributed by atoms with Crippen molar-refractivity contribution in [3.63, 3.8) is 0 Å². The highest BCUT2D eigenvalue weighted by Gasteiger charge is 2.21. The summed E-state index contributed by atoms with van der Waals surface area (Å²) in [5.41, 5.74) is 3.36. The van der Waals surface area contributed by atoms with Crippen molar-refractivity contribution in [2.45, 2.75) is 26.1 Å². The third-order valence-electron chi connectivity index (χ3n) is 4.29. The molecule has 1 saturated heterocycles. The van der Waals surface area contributed by atoms with E-state index in [0.717, 1.165) is 44.1 Å². The summed E-state index contributed by atoms with van der Waals surface area (Å²) in [5.74, 6) is 0. The molecule has 6 nitrogen and oxygen atoms in total. The van der Waals surface area contributed by atoms with Gasteiger partial charge in [0.15, 0.2) is 0 Å². The molecule has 0 radical (unpaired) electrons. The van der Waals surface area contributed by atoms with Gasteiger partial charge in [0.05, 0.1) is 24.9 Å². The van der Waals surface area contributed by atoms with E-state index in [2.05, 4.69) is 45.8 Å². The zero-order valence-electron chi connectivity index (χ0n) is 13.3. The van der Waals surface area contributed by atoms with Gasteiger partial charge in [-0.1, -0.05) is 6.07 Å². The fourth-order valence-electron chi connectivity index (χ4n) is 3.16. The van der Waals surface area contributed by atoms with Crippen LogP contribution in [0.4, 0.5) is 0 Å². The SMILES string of the molecule is Cc1cccn2cc(CN3CCOC(Cn4cccn4)C3)nc12. The lowest BCUT2D eigenvalue weighted by atomic mass is 10.2. The van der Waals surface area contributed by atoms with Crippen LogP contribution in [0.5, 0.6) is 0 Å². The van der Waals surface area contributed by atoms with Crippen molar-refractivity contribution in [3.8, 4) is 0 Å². The summed E-state index contributed by atoms with van der Waals surface area (Å²) in [6, 6.07) is 6.10. The molecule has 3 aromatic rings. The van der Waals surface area contributed by atoms with E-state index in [1.165, 1.54) is 5.56 Å². The van der Waals surface area contributed by atoms with E-state index < -0.39 is 0 Å². The van der Waals surface area contributed by atoms with Gasteiger partial charge in [-0.05, 0) is 24.6 Å². The first-order valence-corrected chi connectivity index (χ1v) is 8.02. The number of morpholine rings is 1. The molecule has 120 valence electrons. The maximum atomic E-state index is 5.87. The molecule has 0 N–H and O–H groups in total. The Balaban J connectivity index is 1.44. The van der Waals surface area contributed by atoms with E-state index in [1.807, 2.05) is 16.9 Å². The van der Waals surface area contributed by atoms with Crippen molar-refractivity contribution in [1.29, 1.82) is 0 Å². The molecular formula is C17H21N5O. The average molecular weight is 311 g/mol. The van der Waals surface area contributed by atoms with Gasteiger partial charge in [0, 0.05) is 44.4 Å². The molecule has 0 amide bonds. The third kappa shape index (κ3) is 3.13. The molecule has 4 heterocycles. The molecule has 0 saturated carbocycles. The van der Waals surface area contributed by atoms with Crippen molar-refractivity contribution < 1.29 is 4.74 Å². The Morgan fingerprint density at radius 2 is 2.26 bits per heavy atom. The first kappa shape index (κ1) is 14.4. The molecule has 23 heavy (non-hydrogen) atoms. The van der Waals surface area contributed by atoms with Crippen molar-refractivity contribution in [3.05, 3.63) is 54.2 Å². The molecule has 3 aromatic heterocycles. The number of aromatic nitrogens is 4. The van der Waals surface area contributed by atoms with Crippen molar-refractivity contribution in [1.82, 2.24) is 24.1 Å². The second kappa shape index (κ2) is 6.14. The zero-order chi connectivity index (χ0) is 15.6. The molecule has 1 aliphatic heterocycles. The molecule has 1 unspecified atom stereocenters. The van der Waals surface area contributed by atoms with Gasteiger partial charge < -0.3 is 9.14 Å². The highest BCUT2D eigenvalue weighted by atomic mass is 16.5. The van der Waals surface area contributed by atoms with Gasteiger partial charge in [-0.25, -0.2) is 4.98 Å². The van der Waals surface area contributed by atoms with Crippen LogP contribution in [0.25, 0.3) is 5.65 Å². The van der Waals surface area contributed by atoms with E-state index in [9.17, 15) is 0 Å².